The summed E-state index contributed by atoms with van der Waals surface area (Å²) in [6, 6.07) is 0. The fourth-order valence-electron chi connectivity index (χ4n) is 1.98. The first-order chi connectivity index (χ1) is 9.49. The highest BCUT2D eigenvalue weighted by Gasteiger charge is 2.20. The zero-order valence-corrected chi connectivity index (χ0v) is 12.5. The summed E-state index contributed by atoms with van der Waals surface area (Å²) in [6.07, 6.45) is 3.63. The molecule has 0 radical (unpaired) electrons. The summed E-state index contributed by atoms with van der Waals surface area (Å²) in [6.45, 7) is 0.482. The molecular formula is C12H17BrN4O3. The van der Waals surface area contributed by atoms with E-state index in [1.807, 2.05) is 0 Å². The van der Waals surface area contributed by atoms with Crippen LogP contribution < -0.4 is 16.6 Å². The van der Waals surface area contributed by atoms with Gasteiger partial charge in [-0.2, -0.15) is 5.10 Å². The summed E-state index contributed by atoms with van der Waals surface area (Å²) in [5.74, 6) is -0.331. The molecule has 1 aromatic heterocycles. The van der Waals surface area contributed by atoms with Gasteiger partial charge in [0.2, 0.25) is 5.91 Å². The summed E-state index contributed by atoms with van der Waals surface area (Å²) >= 11 is 3.23. The summed E-state index contributed by atoms with van der Waals surface area (Å²) in [5.41, 5.74) is 4.96. The quantitative estimate of drug-likeness (QED) is 0.676. The average Bonchev–Trinajstić information content (AvgIpc) is 2.35. The van der Waals surface area contributed by atoms with Crippen LogP contribution >= 0.6 is 15.9 Å². The maximum absolute atomic E-state index is 12.3. The van der Waals surface area contributed by atoms with E-state index in [0.717, 1.165) is 12.8 Å². The Morgan fingerprint density at radius 2 is 2.35 bits per heavy atom. The lowest BCUT2D eigenvalue weighted by molar-refractivity contribution is -0.125. The second-order valence-electron chi connectivity index (χ2n) is 4.95. The highest BCUT2D eigenvalue weighted by atomic mass is 79.9. The SMILES string of the molecule is NC(=O)C(O)CNc1c(Br)cnn(CC2CCC2)c1=O. The number of nitrogens with one attached hydrogen (secondary N) is 1. The molecule has 8 heteroatoms. The highest BCUT2D eigenvalue weighted by molar-refractivity contribution is 9.10. The van der Waals surface area contributed by atoms with Crippen molar-refractivity contribution in [2.24, 2.45) is 11.7 Å². The smallest absolute Gasteiger partial charge is 0.291 e. The number of primary amides is 1. The molecule has 2 rings (SSSR count). The number of anilines is 1. The van der Waals surface area contributed by atoms with Crippen molar-refractivity contribution < 1.29 is 9.90 Å². The van der Waals surface area contributed by atoms with Crippen LogP contribution in [0, 0.1) is 5.92 Å². The van der Waals surface area contributed by atoms with Gasteiger partial charge in [0.25, 0.3) is 5.56 Å². The minimum atomic E-state index is -1.34. The van der Waals surface area contributed by atoms with Gasteiger partial charge in [-0.1, -0.05) is 6.42 Å². The Bertz CT molecular complexity index is 556. The number of hydrogen-bond acceptors (Lipinski definition) is 5. The van der Waals surface area contributed by atoms with Gasteiger partial charge in [-0.25, -0.2) is 4.68 Å². The van der Waals surface area contributed by atoms with Crippen molar-refractivity contribution in [3.8, 4) is 0 Å². The molecule has 1 fully saturated rings. The molecular weight excluding hydrogens is 328 g/mol. The third-order valence-electron chi connectivity index (χ3n) is 3.45. The monoisotopic (exact) mass is 344 g/mol. The van der Waals surface area contributed by atoms with Crippen molar-refractivity contribution in [3.63, 3.8) is 0 Å². The standard InChI is InChI=1S/C12H17BrN4O3/c13-8-4-16-17(6-7-2-1-3-7)12(20)10(8)15-5-9(18)11(14)19/h4,7,9,15,18H,1-3,5-6H2,(H2,14,19). The van der Waals surface area contributed by atoms with Gasteiger partial charge in [0.1, 0.15) is 11.8 Å². The van der Waals surface area contributed by atoms with Gasteiger partial charge in [-0.05, 0) is 34.7 Å². The average molecular weight is 345 g/mol. The number of amides is 1. The lowest BCUT2D eigenvalue weighted by Gasteiger charge is -2.25. The number of carbonyl (C=O) groups excluding carboxylic acids is 1. The molecule has 1 aliphatic carbocycles. The lowest BCUT2D eigenvalue weighted by atomic mass is 9.85. The van der Waals surface area contributed by atoms with Crippen LogP contribution in [-0.2, 0) is 11.3 Å². The number of aliphatic hydroxyl groups is 1. The Balaban J connectivity index is 2.12. The molecule has 20 heavy (non-hydrogen) atoms. The summed E-state index contributed by atoms with van der Waals surface area (Å²) in [5, 5.41) is 16.2. The van der Waals surface area contributed by atoms with Gasteiger partial charge in [0, 0.05) is 6.54 Å². The lowest BCUT2D eigenvalue weighted by Crippen LogP contribution is -2.36. The minimum absolute atomic E-state index is 0.114. The molecule has 1 aromatic rings. The van der Waals surface area contributed by atoms with E-state index in [1.165, 1.54) is 17.3 Å². The third-order valence-corrected chi connectivity index (χ3v) is 4.06. The number of rotatable bonds is 6. The van der Waals surface area contributed by atoms with E-state index in [4.69, 9.17) is 5.73 Å². The van der Waals surface area contributed by atoms with Gasteiger partial charge in [0.05, 0.1) is 17.2 Å². The Labute approximate surface area is 124 Å². The molecule has 0 aromatic carbocycles. The molecule has 0 aliphatic heterocycles. The third kappa shape index (κ3) is 3.37. The maximum atomic E-state index is 12.3. The van der Waals surface area contributed by atoms with Crippen LogP contribution in [0.1, 0.15) is 19.3 Å². The largest absolute Gasteiger partial charge is 0.381 e. The van der Waals surface area contributed by atoms with Gasteiger partial charge < -0.3 is 16.2 Å². The second kappa shape index (κ2) is 6.36. The molecule has 7 nitrogen and oxygen atoms in total. The van der Waals surface area contributed by atoms with Crippen molar-refractivity contribution in [3.05, 3.63) is 21.0 Å². The first-order valence-corrected chi connectivity index (χ1v) is 7.25. The van der Waals surface area contributed by atoms with Crippen LogP contribution in [-0.4, -0.2) is 33.4 Å². The number of aromatic nitrogens is 2. The zero-order valence-electron chi connectivity index (χ0n) is 10.9. The fraction of sp³-hybridized carbons (Fsp3) is 0.583. The number of carbonyl (C=O) groups is 1. The zero-order chi connectivity index (χ0) is 14.7. The molecule has 0 saturated heterocycles. The summed E-state index contributed by atoms with van der Waals surface area (Å²) in [4.78, 5) is 23.0. The summed E-state index contributed by atoms with van der Waals surface area (Å²) < 4.78 is 1.90. The molecule has 1 aliphatic rings. The second-order valence-corrected chi connectivity index (χ2v) is 5.81. The first kappa shape index (κ1) is 15.0. The van der Waals surface area contributed by atoms with E-state index in [2.05, 4.69) is 26.3 Å². The van der Waals surface area contributed by atoms with Crippen LogP contribution in [0.2, 0.25) is 0 Å². The number of aliphatic hydroxyl groups excluding tert-OH is 1. The predicted octanol–water partition coefficient (Wildman–Crippen LogP) is 0.0640. The molecule has 1 atom stereocenters. The first-order valence-electron chi connectivity index (χ1n) is 6.46. The van der Waals surface area contributed by atoms with Crippen molar-refractivity contribution in [2.45, 2.75) is 31.9 Å². The molecule has 1 amide bonds. The van der Waals surface area contributed by atoms with E-state index < -0.39 is 12.0 Å². The number of halogens is 1. The fourth-order valence-corrected chi connectivity index (χ4v) is 2.38. The Hall–Kier alpha value is -1.41. The molecule has 1 unspecified atom stereocenters. The Kier molecular flexibility index (Phi) is 4.77. The maximum Gasteiger partial charge on any atom is 0.291 e. The normalized spacial score (nSPS) is 16.5. The van der Waals surface area contributed by atoms with E-state index >= 15 is 0 Å². The molecule has 1 heterocycles. The van der Waals surface area contributed by atoms with Gasteiger partial charge >= 0.3 is 0 Å². The van der Waals surface area contributed by atoms with Gasteiger partial charge in [-0.3, -0.25) is 9.59 Å². The van der Waals surface area contributed by atoms with Crippen LogP contribution in [0.25, 0.3) is 0 Å². The van der Waals surface area contributed by atoms with Crippen LogP contribution in [0.4, 0.5) is 5.69 Å². The molecule has 1 saturated carbocycles. The Morgan fingerprint density at radius 1 is 1.65 bits per heavy atom. The number of nitrogens with zero attached hydrogens (tertiary/aromatic N) is 2. The van der Waals surface area contributed by atoms with Crippen molar-refractivity contribution in [1.29, 1.82) is 0 Å². The predicted molar refractivity (Wildman–Crippen MR) is 77.2 cm³/mol. The molecule has 0 bridgehead atoms. The van der Waals surface area contributed by atoms with E-state index in [-0.39, 0.29) is 17.8 Å². The molecule has 4 N–H and O–H groups in total. The van der Waals surface area contributed by atoms with Crippen LogP contribution in [0.15, 0.2) is 15.5 Å². The van der Waals surface area contributed by atoms with Gasteiger partial charge in [-0.15, -0.1) is 0 Å². The number of nitrogens with two attached hydrogens (primary N) is 1. The van der Waals surface area contributed by atoms with Crippen LogP contribution in [0.5, 0.6) is 0 Å². The van der Waals surface area contributed by atoms with Gasteiger partial charge in [0.15, 0.2) is 0 Å². The van der Waals surface area contributed by atoms with Crippen molar-refractivity contribution in [1.82, 2.24) is 9.78 Å². The molecule has 0 spiro atoms. The number of hydrogen-bond donors (Lipinski definition) is 3. The van der Waals surface area contributed by atoms with Crippen LogP contribution in [0.3, 0.4) is 0 Å². The van der Waals surface area contributed by atoms with E-state index in [0.29, 0.717) is 16.9 Å². The Morgan fingerprint density at radius 3 is 2.90 bits per heavy atom. The van der Waals surface area contributed by atoms with Crippen molar-refractivity contribution >= 4 is 27.5 Å². The van der Waals surface area contributed by atoms with Crippen molar-refractivity contribution in [2.75, 3.05) is 11.9 Å². The van der Waals surface area contributed by atoms with E-state index in [9.17, 15) is 14.7 Å². The summed E-state index contributed by atoms with van der Waals surface area (Å²) in [7, 11) is 0. The topological polar surface area (TPSA) is 110 Å². The van der Waals surface area contributed by atoms with E-state index in [1.54, 1.807) is 0 Å². The highest BCUT2D eigenvalue weighted by Crippen LogP contribution is 2.27. The minimum Gasteiger partial charge on any atom is -0.381 e. The molecule has 110 valence electrons.